The Labute approximate surface area is 181 Å². The van der Waals surface area contributed by atoms with Crippen LogP contribution in [0.3, 0.4) is 0 Å². The molecule has 0 aliphatic carbocycles. The number of carbonyl (C=O) groups excluding carboxylic acids is 3. The zero-order chi connectivity index (χ0) is 22.6. The highest BCUT2D eigenvalue weighted by atomic mass is 16.6. The third kappa shape index (κ3) is 7.27. The Morgan fingerprint density at radius 2 is 1.48 bits per heavy atom. The fourth-order valence-electron chi connectivity index (χ4n) is 2.81. The third-order valence-corrected chi connectivity index (χ3v) is 4.13. The first-order chi connectivity index (χ1) is 15.0. The summed E-state index contributed by atoms with van der Waals surface area (Å²) in [5.74, 6) is -1.67. The third-order valence-electron chi connectivity index (χ3n) is 4.13. The molecule has 8 heteroatoms. The van der Waals surface area contributed by atoms with Crippen molar-refractivity contribution in [3.8, 4) is 0 Å². The number of hydrogen-bond donors (Lipinski definition) is 0. The lowest BCUT2D eigenvalue weighted by Crippen LogP contribution is -2.56. The summed E-state index contributed by atoms with van der Waals surface area (Å²) in [4.78, 5) is 37.2. The molecule has 1 unspecified atom stereocenters. The highest BCUT2D eigenvalue weighted by Gasteiger charge is 2.39. The molecule has 0 N–H and O–H groups in total. The van der Waals surface area contributed by atoms with E-state index in [1.165, 1.54) is 6.08 Å². The van der Waals surface area contributed by atoms with E-state index in [1.807, 2.05) is 60.7 Å². The second-order valence-electron chi connectivity index (χ2n) is 6.49. The molecule has 164 valence electrons. The first-order valence-corrected chi connectivity index (χ1v) is 9.61. The van der Waals surface area contributed by atoms with Crippen LogP contribution < -0.4 is 0 Å². The van der Waals surface area contributed by atoms with E-state index in [9.17, 15) is 14.4 Å². The number of hydrazine groups is 1. The number of carbonyl (C=O) groups is 3. The van der Waals surface area contributed by atoms with Gasteiger partial charge in [0.15, 0.2) is 0 Å². The molecule has 0 aliphatic rings. The fraction of sp³-hybridized carbons (Fsp3) is 0.261. The molecular weight excluding hydrogens is 400 g/mol. The van der Waals surface area contributed by atoms with Crippen LogP contribution in [0.5, 0.6) is 0 Å². The molecule has 1 atom stereocenters. The van der Waals surface area contributed by atoms with Crippen molar-refractivity contribution in [2.24, 2.45) is 0 Å². The van der Waals surface area contributed by atoms with E-state index in [-0.39, 0.29) is 19.7 Å². The van der Waals surface area contributed by atoms with Gasteiger partial charge in [-0.2, -0.15) is 5.01 Å². The van der Waals surface area contributed by atoms with Gasteiger partial charge in [-0.25, -0.2) is 14.6 Å². The van der Waals surface area contributed by atoms with Crippen LogP contribution in [-0.4, -0.2) is 48.0 Å². The van der Waals surface area contributed by atoms with Crippen molar-refractivity contribution in [2.45, 2.75) is 26.2 Å². The molecule has 0 radical (unpaired) electrons. The second kappa shape index (κ2) is 12.1. The Morgan fingerprint density at radius 1 is 0.968 bits per heavy atom. The Kier molecular flexibility index (Phi) is 9.25. The Bertz CT molecular complexity index is 831. The molecule has 0 aliphatic heterocycles. The molecule has 0 aromatic heterocycles. The Hall–Kier alpha value is -3.65. The summed E-state index contributed by atoms with van der Waals surface area (Å²) in [5, 5.41) is 2.54. The number of rotatable bonds is 10. The van der Waals surface area contributed by atoms with E-state index >= 15 is 0 Å². The van der Waals surface area contributed by atoms with Crippen molar-refractivity contribution in [1.82, 2.24) is 10.0 Å². The highest BCUT2D eigenvalue weighted by molar-refractivity contribution is 5.82. The fourth-order valence-corrected chi connectivity index (χ4v) is 2.81. The van der Waals surface area contributed by atoms with Crippen LogP contribution in [0.25, 0.3) is 0 Å². The second-order valence-corrected chi connectivity index (χ2v) is 6.49. The van der Waals surface area contributed by atoms with E-state index in [4.69, 9.17) is 14.2 Å². The molecule has 2 rings (SSSR count). The first-order valence-electron chi connectivity index (χ1n) is 9.61. The van der Waals surface area contributed by atoms with Crippen LogP contribution in [0.1, 0.15) is 18.1 Å². The Morgan fingerprint density at radius 3 is 1.90 bits per heavy atom. The lowest BCUT2D eigenvalue weighted by atomic mass is 10.2. The number of amides is 1. The zero-order valence-corrected chi connectivity index (χ0v) is 17.6. The maximum absolute atomic E-state index is 13.0. The minimum Gasteiger partial charge on any atom is -0.465 e. The van der Waals surface area contributed by atoms with E-state index < -0.39 is 24.3 Å². The van der Waals surface area contributed by atoms with Crippen molar-refractivity contribution in [3.05, 3.63) is 84.4 Å². The summed E-state index contributed by atoms with van der Waals surface area (Å²) in [6.07, 6.45) is -1.15. The van der Waals surface area contributed by atoms with Crippen LogP contribution >= 0.6 is 0 Å². The maximum Gasteiger partial charge on any atom is 0.428 e. The normalized spacial score (nSPS) is 11.3. The van der Waals surface area contributed by atoms with E-state index in [2.05, 4.69) is 6.58 Å². The predicted molar refractivity (Wildman–Crippen MR) is 113 cm³/mol. The molecule has 2 aromatic carbocycles. The number of benzene rings is 2. The molecule has 1 amide bonds. The summed E-state index contributed by atoms with van der Waals surface area (Å²) in [6.45, 7) is 5.04. The van der Waals surface area contributed by atoms with Gasteiger partial charge in [0.1, 0.15) is 6.61 Å². The van der Waals surface area contributed by atoms with Crippen molar-refractivity contribution < 1.29 is 28.6 Å². The smallest absolute Gasteiger partial charge is 0.428 e. The van der Waals surface area contributed by atoms with Crippen molar-refractivity contribution in [2.75, 3.05) is 13.7 Å². The molecule has 0 fully saturated rings. The van der Waals surface area contributed by atoms with E-state index in [0.717, 1.165) is 30.2 Å². The number of esters is 2. The maximum atomic E-state index is 13.0. The number of methoxy groups -OCH3 is 1. The van der Waals surface area contributed by atoms with Crippen molar-refractivity contribution in [1.29, 1.82) is 0 Å². The first kappa shape index (κ1) is 23.6. The van der Waals surface area contributed by atoms with Gasteiger partial charge in [-0.05, 0) is 11.1 Å². The summed E-state index contributed by atoms with van der Waals surface area (Å²) in [7, 11) is 1.14. The topological polar surface area (TPSA) is 85.4 Å². The lowest BCUT2D eigenvalue weighted by Gasteiger charge is -2.37. The molecule has 0 heterocycles. The molecule has 0 bridgehead atoms. The molecule has 2 aromatic rings. The van der Waals surface area contributed by atoms with Gasteiger partial charge in [0.05, 0.1) is 7.11 Å². The van der Waals surface area contributed by atoms with Crippen LogP contribution in [0, 0.1) is 0 Å². The molecule has 0 saturated heterocycles. The zero-order valence-electron chi connectivity index (χ0n) is 17.6. The Balaban J connectivity index is 2.50. The molecular formula is C23H26N2O6. The summed E-state index contributed by atoms with van der Waals surface area (Å²) >= 11 is 0. The molecule has 0 saturated carbocycles. The van der Waals surface area contributed by atoms with Gasteiger partial charge in [0.25, 0.3) is 6.23 Å². The van der Waals surface area contributed by atoms with Gasteiger partial charge in [-0.3, -0.25) is 4.79 Å². The van der Waals surface area contributed by atoms with E-state index in [0.29, 0.717) is 0 Å². The summed E-state index contributed by atoms with van der Waals surface area (Å²) in [6, 6.07) is 18.7. The van der Waals surface area contributed by atoms with Gasteiger partial charge in [-0.1, -0.05) is 73.3 Å². The molecule has 8 nitrogen and oxygen atoms in total. The average molecular weight is 426 g/mol. The van der Waals surface area contributed by atoms with E-state index in [1.54, 1.807) is 5.01 Å². The average Bonchev–Trinajstić information content (AvgIpc) is 2.77. The predicted octanol–water partition coefficient (Wildman–Crippen LogP) is 3.29. The van der Waals surface area contributed by atoms with Gasteiger partial charge < -0.3 is 14.2 Å². The van der Waals surface area contributed by atoms with Gasteiger partial charge in [-0.15, -0.1) is 0 Å². The largest absolute Gasteiger partial charge is 0.465 e. The van der Waals surface area contributed by atoms with Crippen LogP contribution in [0.2, 0.25) is 0 Å². The quantitative estimate of drug-likeness (QED) is 0.189. The number of ether oxygens (including phenoxy) is 3. The lowest BCUT2D eigenvalue weighted by molar-refractivity contribution is -0.197. The molecule has 0 spiro atoms. The van der Waals surface area contributed by atoms with Crippen LogP contribution in [0.15, 0.2) is 73.3 Å². The summed E-state index contributed by atoms with van der Waals surface area (Å²) in [5.41, 5.74) is 1.73. The monoisotopic (exact) mass is 426 g/mol. The standard InChI is InChI=1S/C23H26N2O6/c1-4-15-30-23(28)25(21(22(27)29-3)31-18(2)26)24(16-19-11-7-5-8-12-19)17-20-13-9-6-10-14-20/h4-14,21H,1,15-17H2,2-3H3. The van der Waals surface area contributed by atoms with Crippen molar-refractivity contribution in [3.63, 3.8) is 0 Å². The van der Waals surface area contributed by atoms with Crippen LogP contribution in [0.4, 0.5) is 4.79 Å². The summed E-state index contributed by atoms with van der Waals surface area (Å²) < 4.78 is 15.1. The van der Waals surface area contributed by atoms with Crippen molar-refractivity contribution >= 4 is 18.0 Å². The minimum absolute atomic E-state index is 0.0895. The van der Waals surface area contributed by atoms with Crippen LogP contribution in [-0.2, 0) is 36.9 Å². The number of nitrogens with zero attached hydrogens (tertiary/aromatic N) is 2. The van der Waals surface area contributed by atoms with Gasteiger partial charge in [0.2, 0.25) is 0 Å². The highest BCUT2D eigenvalue weighted by Crippen LogP contribution is 2.19. The van der Waals surface area contributed by atoms with Gasteiger partial charge in [0, 0.05) is 20.0 Å². The number of hydrogen-bond acceptors (Lipinski definition) is 7. The van der Waals surface area contributed by atoms with Gasteiger partial charge >= 0.3 is 18.0 Å². The minimum atomic E-state index is -1.66. The SMILES string of the molecule is C=CCOC(=O)N(C(OC(C)=O)C(=O)OC)N(Cc1ccccc1)Cc1ccccc1. The molecule has 31 heavy (non-hydrogen) atoms.